The van der Waals surface area contributed by atoms with Crippen LogP contribution in [0.4, 0.5) is 0 Å². The standard InChI is InChI=1S/C27H44O3/c1-18(8-6-14-26(3,4)30)23-12-13-24-20(9-7-15-27(23,24)5)10-11-21-16-22(28)17-25(29)19(21)2/h10-11,18,22-25,28-30H,2,6-9,12-17H2,1,3-5H3/b20-10-,21-11-/t18-,22+,23+,24-,25-,27+/m0/s1. The maximum Gasteiger partial charge on any atom is 0.0811 e. The Morgan fingerprint density at radius 3 is 2.67 bits per heavy atom. The predicted octanol–water partition coefficient (Wildman–Crippen LogP) is 5.70. The van der Waals surface area contributed by atoms with Crippen LogP contribution < -0.4 is 0 Å². The summed E-state index contributed by atoms with van der Waals surface area (Å²) in [6.07, 6.45) is 13.9. The fourth-order valence-corrected chi connectivity index (χ4v) is 6.74. The summed E-state index contributed by atoms with van der Waals surface area (Å²) in [4.78, 5) is 0. The molecule has 3 fully saturated rings. The molecule has 30 heavy (non-hydrogen) atoms. The zero-order chi connectivity index (χ0) is 22.1. The third-order valence-corrected chi connectivity index (χ3v) is 8.44. The first-order valence-electron chi connectivity index (χ1n) is 12.2. The highest BCUT2D eigenvalue weighted by Gasteiger charge is 2.50. The number of hydrogen-bond donors (Lipinski definition) is 3. The zero-order valence-corrected chi connectivity index (χ0v) is 19.7. The molecule has 0 unspecified atom stereocenters. The monoisotopic (exact) mass is 416 g/mol. The molecule has 0 spiro atoms. The van der Waals surface area contributed by atoms with Crippen LogP contribution in [0.5, 0.6) is 0 Å². The lowest BCUT2D eigenvalue weighted by molar-refractivity contribution is 0.0596. The molecule has 0 aromatic carbocycles. The van der Waals surface area contributed by atoms with Gasteiger partial charge in [-0.1, -0.05) is 51.0 Å². The SMILES string of the molecule is C=C1/C(=C\C=C2\CCC[C@]3(C)[C@@H]([C@@H](C)CCCC(C)(C)O)CC[C@@H]23)C[C@@H](O)C[C@@H]1O. The Hall–Kier alpha value is -0.900. The number of allylic oxidation sites excluding steroid dienone is 3. The van der Waals surface area contributed by atoms with Gasteiger partial charge in [-0.05, 0) is 93.1 Å². The van der Waals surface area contributed by atoms with E-state index in [0.29, 0.717) is 30.1 Å². The van der Waals surface area contributed by atoms with Gasteiger partial charge in [0.1, 0.15) is 0 Å². The fourth-order valence-electron chi connectivity index (χ4n) is 6.74. The molecule has 0 heterocycles. The van der Waals surface area contributed by atoms with Gasteiger partial charge in [0.2, 0.25) is 0 Å². The minimum atomic E-state index is -0.615. The molecule has 3 rings (SSSR count). The molecule has 0 saturated heterocycles. The normalized spacial score (nSPS) is 38.8. The molecule has 0 aromatic heterocycles. The number of aliphatic hydroxyl groups excluding tert-OH is 2. The molecule has 170 valence electrons. The van der Waals surface area contributed by atoms with Crippen molar-refractivity contribution in [3.63, 3.8) is 0 Å². The van der Waals surface area contributed by atoms with E-state index in [9.17, 15) is 15.3 Å². The van der Waals surface area contributed by atoms with Gasteiger partial charge in [0.25, 0.3) is 0 Å². The highest BCUT2D eigenvalue weighted by Crippen LogP contribution is 2.60. The van der Waals surface area contributed by atoms with Crippen LogP contribution in [0.2, 0.25) is 0 Å². The molecule has 0 amide bonds. The van der Waals surface area contributed by atoms with E-state index in [1.807, 2.05) is 13.8 Å². The largest absolute Gasteiger partial charge is 0.393 e. The molecule has 0 radical (unpaired) electrons. The molecule has 6 atom stereocenters. The van der Waals surface area contributed by atoms with Gasteiger partial charge in [0.15, 0.2) is 0 Å². The summed E-state index contributed by atoms with van der Waals surface area (Å²) >= 11 is 0. The van der Waals surface area contributed by atoms with E-state index in [-0.39, 0.29) is 0 Å². The number of fused-ring (bicyclic) bond motifs is 1. The van der Waals surface area contributed by atoms with E-state index < -0.39 is 17.8 Å². The van der Waals surface area contributed by atoms with Crippen LogP contribution in [0, 0.1) is 23.2 Å². The van der Waals surface area contributed by atoms with Gasteiger partial charge in [0.05, 0.1) is 17.8 Å². The Balaban J connectivity index is 1.70. The molecule has 3 aliphatic rings. The Morgan fingerprint density at radius 1 is 1.23 bits per heavy atom. The fraction of sp³-hybridized carbons (Fsp3) is 0.778. The lowest BCUT2D eigenvalue weighted by Gasteiger charge is -2.44. The summed E-state index contributed by atoms with van der Waals surface area (Å²) in [5.41, 5.74) is 3.17. The third kappa shape index (κ3) is 5.29. The molecule has 3 aliphatic carbocycles. The van der Waals surface area contributed by atoms with Crippen LogP contribution in [0.1, 0.15) is 91.9 Å². The third-order valence-electron chi connectivity index (χ3n) is 8.44. The van der Waals surface area contributed by atoms with Crippen LogP contribution in [0.25, 0.3) is 0 Å². The van der Waals surface area contributed by atoms with Crippen molar-refractivity contribution in [2.45, 2.75) is 110 Å². The zero-order valence-electron chi connectivity index (χ0n) is 19.7. The number of hydrogen-bond acceptors (Lipinski definition) is 3. The maximum atomic E-state index is 10.1. The Bertz CT molecular complexity index is 683. The van der Waals surface area contributed by atoms with Crippen molar-refractivity contribution in [2.24, 2.45) is 23.2 Å². The van der Waals surface area contributed by atoms with Gasteiger partial charge in [0, 0.05) is 6.42 Å². The van der Waals surface area contributed by atoms with Crippen molar-refractivity contribution >= 4 is 0 Å². The van der Waals surface area contributed by atoms with Crippen LogP contribution in [-0.2, 0) is 0 Å². The summed E-state index contributed by atoms with van der Waals surface area (Å²) < 4.78 is 0. The number of rotatable bonds is 6. The first kappa shape index (κ1) is 23.8. The van der Waals surface area contributed by atoms with Crippen molar-refractivity contribution in [2.75, 3.05) is 0 Å². The summed E-state index contributed by atoms with van der Waals surface area (Å²) in [5.74, 6) is 2.11. The summed E-state index contributed by atoms with van der Waals surface area (Å²) in [6.45, 7) is 12.8. The molecule has 3 nitrogen and oxygen atoms in total. The molecule has 3 heteroatoms. The van der Waals surface area contributed by atoms with Gasteiger partial charge < -0.3 is 15.3 Å². The van der Waals surface area contributed by atoms with E-state index in [2.05, 4.69) is 32.6 Å². The molecule has 0 aromatic rings. The Morgan fingerprint density at radius 2 is 1.97 bits per heavy atom. The van der Waals surface area contributed by atoms with E-state index in [4.69, 9.17) is 0 Å². The molecule has 3 saturated carbocycles. The maximum absolute atomic E-state index is 10.1. The smallest absolute Gasteiger partial charge is 0.0811 e. The van der Waals surface area contributed by atoms with E-state index >= 15 is 0 Å². The lowest BCUT2D eigenvalue weighted by atomic mass is 9.60. The van der Waals surface area contributed by atoms with Crippen LogP contribution in [-0.4, -0.2) is 33.1 Å². The van der Waals surface area contributed by atoms with E-state index in [1.165, 1.54) is 38.5 Å². The summed E-state index contributed by atoms with van der Waals surface area (Å²) in [5, 5.41) is 30.2. The molecular weight excluding hydrogens is 372 g/mol. The summed E-state index contributed by atoms with van der Waals surface area (Å²) in [6, 6.07) is 0. The number of aliphatic hydroxyl groups is 3. The molecule has 3 N–H and O–H groups in total. The van der Waals surface area contributed by atoms with Crippen molar-refractivity contribution in [3.05, 3.63) is 35.5 Å². The Kier molecular flexibility index (Phi) is 7.37. The lowest BCUT2D eigenvalue weighted by Crippen LogP contribution is -2.36. The highest BCUT2D eigenvalue weighted by molar-refractivity contribution is 5.38. The molecule has 0 aliphatic heterocycles. The van der Waals surface area contributed by atoms with Crippen LogP contribution in [0.15, 0.2) is 35.5 Å². The minimum absolute atomic E-state index is 0.374. The van der Waals surface area contributed by atoms with Gasteiger partial charge >= 0.3 is 0 Å². The van der Waals surface area contributed by atoms with Gasteiger partial charge in [-0.25, -0.2) is 0 Å². The van der Waals surface area contributed by atoms with Crippen LogP contribution >= 0.6 is 0 Å². The minimum Gasteiger partial charge on any atom is -0.393 e. The molecular formula is C27H44O3. The molecule has 0 bridgehead atoms. The van der Waals surface area contributed by atoms with Gasteiger partial charge in [-0.3, -0.25) is 0 Å². The van der Waals surface area contributed by atoms with E-state index in [1.54, 1.807) is 5.57 Å². The second-order valence-corrected chi connectivity index (χ2v) is 11.3. The van der Waals surface area contributed by atoms with Gasteiger partial charge in [-0.2, -0.15) is 0 Å². The van der Waals surface area contributed by atoms with Crippen molar-refractivity contribution in [1.29, 1.82) is 0 Å². The second-order valence-electron chi connectivity index (χ2n) is 11.3. The Labute approximate surface area is 184 Å². The average molecular weight is 417 g/mol. The van der Waals surface area contributed by atoms with Crippen molar-refractivity contribution in [3.8, 4) is 0 Å². The summed E-state index contributed by atoms with van der Waals surface area (Å²) in [7, 11) is 0. The van der Waals surface area contributed by atoms with E-state index in [0.717, 1.165) is 29.9 Å². The van der Waals surface area contributed by atoms with Crippen molar-refractivity contribution in [1.82, 2.24) is 0 Å². The second kappa shape index (κ2) is 9.30. The van der Waals surface area contributed by atoms with Crippen LogP contribution in [0.3, 0.4) is 0 Å². The van der Waals surface area contributed by atoms with Gasteiger partial charge in [-0.15, -0.1) is 0 Å². The predicted molar refractivity (Wildman–Crippen MR) is 124 cm³/mol. The quantitative estimate of drug-likeness (QED) is 0.520. The highest BCUT2D eigenvalue weighted by atomic mass is 16.3. The first-order valence-corrected chi connectivity index (χ1v) is 12.2. The topological polar surface area (TPSA) is 60.7 Å². The average Bonchev–Trinajstić information content (AvgIpc) is 3.00. The van der Waals surface area contributed by atoms with Crippen molar-refractivity contribution < 1.29 is 15.3 Å². The first-order chi connectivity index (χ1) is 14.0.